The van der Waals surface area contributed by atoms with Crippen molar-refractivity contribution in [2.75, 3.05) is 26.2 Å². The quantitative estimate of drug-likeness (QED) is 0.653. The number of benzene rings is 1. The van der Waals surface area contributed by atoms with E-state index in [1.165, 1.54) is 12.1 Å². The van der Waals surface area contributed by atoms with Crippen LogP contribution in [0.5, 0.6) is 11.8 Å². The summed E-state index contributed by atoms with van der Waals surface area (Å²) in [6.07, 6.45) is 1.49. The normalized spacial score (nSPS) is 14.9. The highest BCUT2D eigenvalue weighted by Gasteiger charge is 2.25. The third kappa shape index (κ3) is 4.51. The molecule has 2 aromatic heterocycles. The molecule has 4 rings (SSSR count). The van der Waals surface area contributed by atoms with Crippen molar-refractivity contribution < 1.29 is 19.8 Å². The monoisotopic (exact) mass is 425 g/mol. The first-order chi connectivity index (χ1) is 14.9. The zero-order valence-corrected chi connectivity index (χ0v) is 17.7. The summed E-state index contributed by atoms with van der Waals surface area (Å²) in [6.45, 7) is 7.28. The zero-order chi connectivity index (χ0) is 22.0. The SMILES string of the molecule is CC(C)n1cc(CN2CCN(C(=O)On3c(O)ccc3O)CC2)c(-c2ccccc2)n1. The van der Waals surface area contributed by atoms with Gasteiger partial charge in [0.05, 0.1) is 5.69 Å². The highest BCUT2D eigenvalue weighted by Crippen LogP contribution is 2.25. The average molecular weight is 425 g/mol. The molecule has 0 spiro atoms. The molecule has 0 saturated carbocycles. The van der Waals surface area contributed by atoms with E-state index in [0.29, 0.717) is 30.9 Å². The molecule has 0 bridgehead atoms. The predicted octanol–water partition coefficient (Wildman–Crippen LogP) is 2.71. The number of aromatic nitrogens is 3. The molecule has 0 atom stereocenters. The van der Waals surface area contributed by atoms with Crippen molar-refractivity contribution in [3.8, 4) is 23.0 Å². The van der Waals surface area contributed by atoms with Crippen LogP contribution in [0.4, 0.5) is 4.79 Å². The van der Waals surface area contributed by atoms with Gasteiger partial charge >= 0.3 is 6.09 Å². The van der Waals surface area contributed by atoms with E-state index in [-0.39, 0.29) is 17.8 Å². The molecule has 1 aliphatic heterocycles. The van der Waals surface area contributed by atoms with E-state index in [0.717, 1.165) is 23.4 Å². The summed E-state index contributed by atoms with van der Waals surface area (Å²) in [5.74, 6) is -0.666. The molecule has 1 aliphatic rings. The minimum absolute atomic E-state index is 0.268. The van der Waals surface area contributed by atoms with E-state index in [4.69, 9.17) is 9.94 Å². The highest BCUT2D eigenvalue weighted by molar-refractivity contribution is 5.68. The third-order valence-corrected chi connectivity index (χ3v) is 5.38. The second kappa shape index (κ2) is 8.73. The van der Waals surface area contributed by atoms with Crippen LogP contribution < -0.4 is 4.84 Å². The average Bonchev–Trinajstić information content (AvgIpc) is 3.33. The van der Waals surface area contributed by atoms with Crippen LogP contribution in [0.1, 0.15) is 25.5 Å². The molecule has 164 valence electrons. The first kappa shape index (κ1) is 20.8. The summed E-state index contributed by atoms with van der Waals surface area (Å²) in [5.41, 5.74) is 3.22. The molecule has 2 N–H and O–H groups in total. The van der Waals surface area contributed by atoms with Gasteiger partial charge in [-0.05, 0) is 13.8 Å². The molecule has 1 amide bonds. The summed E-state index contributed by atoms with van der Waals surface area (Å²) in [6, 6.07) is 12.9. The van der Waals surface area contributed by atoms with Crippen LogP contribution >= 0.6 is 0 Å². The van der Waals surface area contributed by atoms with Gasteiger partial charge in [0.25, 0.3) is 0 Å². The molecule has 3 aromatic rings. The van der Waals surface area contributed by atoms with Crippen LogP contribution in [0.2, 0.25) is 0 Å². The van der Waals surface area contributed by atoms with Crippen molar-refractivity contribution in [2.24, 2.45) is 0 Å². The van der Waals surface area contributed by atoms with Crippen LogP contribution in [-0.4, -0.2) is 66.8 Å². The Balaban J connectivity index is 1.40. The topological polar surface area (TPSA) is 96.0 Å². The van der Waals surface area contributed by atoms with E-state index >= 15 is 0 Å². The molecular formula is C22H27N5O4. The number of hydrogen-bond acceptors (Lipinski definition) is 6. The standard InChI is InChI=1S/C22H27N5O4/c1-16(2)26-15-18(21(23-26)17-6-4-3-5-7-17)14-24-10-12-25(13-11-24)22(30)31-27-19(28)8-9-20(27)29/h3-9,15-16,28-29H,10-14H2,1-2H3. The second-order valence-electron chi connectivity index (χ2n) is 7.91. The van der Waals surface area contributed by atoms with E-state index in [1.54, 1.807) is 4.90 Å². The van der Waals surface area contributed by atoms with Crippen molar-refractivity contribution in [3.63, 3.8) is 0 Å². The van der Waals surface area contributed by atoms with Gasteiger partial charge in [0.2, 0.25) is 11.8 Å². The van der Waals surface area contributed by atoms with E-state index in [2.05, 4.69) is 37.1 Å². The summed E-state index contributed by atoms with van der Waals surface area (Å²) in [4.78, 5) is 21.3. The van der Waals surface area contributed by atoms with Crippen molar-refractivity contribution >= 4 is 6.09 Å². The molecule has 0 unspecified atom stereocenters. The Hall–Kier alpha value is -3.46. The molecular weight excluding hydrogens is 398 g/mol. The Bertz CT molecular complexity index is 1020. The van der Waals surface area contributed by atoms with Crippen molar-refractivity contribution in [1.82, 2.24) is 24.3 Å². The Morgan fingerprint density at radius 1 is 1.03 bits per heavy atom. The number of aromatic hydroxyl groups is 2. The van der Waals surface area contributed by atoms with Gasteiger partial charge < -0.3 is 20.0 Å². The van der Waals surface area contributed by atoms with Gasteiger partial charge in [0, 0.05) is 68.2 Å². The van der Waals surface area contributed by atoms with E-state index < -0.39 is 6.09 Å². The van der Waals surface area contributed by atoms with E-state index in [9.17, 15) is 15.0 Å². The number of nitrogens with zero attached hydrogens (tertiary/aromatic N) is 5. The van der Waals surface area contributed by atoms with Crippen molar-refractivity contribution in [2.45, 2.75) is 26.4 Å². The lowest BCUT2D eigenvalue weighted by Crippen LogP contribution is -2.50. The van der Waals surface area contributed by atoms with Crippen LogP contribution in [0.15, 0.2) is 48.7 Å². The smallest absolute Gasteiger partial charge is 0.434 e. The molecule has 1 fully saturated rings. The molecule has 1 saturated heterocycles. The van der Waals surface area contributed by atoms with Crippen molar-refractivity contribution in [1.29, 1.82) is 0 Å². The predicted molar refractivity (Wildman–Crippen MR) is 115 cm³/mol. The lowest BCUT2D eigenvalue weighted by Gasteiger charge is -2.33. The first-order valence-corrected chi connectivity index (χ1v) is 10.3. The van der Waals surface area contributed by atoms with Crippen molar-refractivity contribution in [3.05, 3.63) is 54.2 Å². The van der Waals surface area contributed by atoms with Gasteiger partial charge in [0.1, 0.15) is 0 Å². The minimum Gasteiger partial charge on any atom is -0.492 e. The molecule has 0 aliphatic carbocycles. The van der Waals surface area contributed by atoms with Crippen LogP contribution in [0.3, 0.4) is 0 Å². The summed E-state index contributed by atoms with van der Waals surface area (Å²) in [7, 11) is 0. The largest absolute Gasteiger partial charge is 0.492 e. The summed E-state index contributed by atoms with van der Waals surface area (Å²) in [5, 5.41) is 24.1. The lowest BCUT2D eigenvalue weighted by atomic mass is 10.1. The van der Waals surface area contributed by atoms with Gasteiger partial charge in [-0.2, -0.15) is 5.10 Å². The zero-order valence-electron chi connectivity index (χ0n) is 17.7. The fourth-order valence-corrected chi connectivity index (χ4v) is 3.61. The maximum atomic E-state index is 12.4. The highest BCUT2D eigenvalue weighted by atomic mass is 16.7. The number of amides is 1. The van der Waals surface area contributed by atoms with Gasteiger partial charge in [-0.25, -0.2) is 4.79 Å². The molecule has 0 radical (unpaired) electrons. The summed E-state index contributed by atoms with van der Waals surface area (Å²) < 4.78 is 2.70. The summed E-state index contributed by atoms with van der Waals surface area (Å²) >= 11 is 0. The number of carbonyl (C=O) groups excluding carboxylic acids is 1. The van der Waals surface area contributed by atoms with Gasteiger partial charge in [0.15, 0.2) is 0 Å². The Kier molecular flexibility index (Phi) is 5.85. The third-order valence-electron chi connectivity index (χ3n) is 5.38. The minimum atomic E-state index is -0.612. The van der Waals surface area contributed by atoms with Crippen LogP contribution in [0, 0.1) is 0 Å². The molecule has 1 aromatic carbocycles. The van der Waals surface area contributed by atoms with Crippen LogP contribution in [0.25, 0.3) is 11.3 Å². The fraction of sp³-hybridized carbons (Fsp3) is 0.364. The molecule has 31 heavy (non-hydrogen) atoms. The van der Waals surface area contributed by atoms with Gasteiger partial charge in [-0.1, -0.05) is 30.3 Å². The van der Waals surface area contributed by atoms with E-state index in [1.807, 2.05) is 22.9 Å². The second-order valence-corrected chi connectivity index (χ2v) is 7.91. The molecule has 9 nitrogen and oxygen atoms in total. The first-order valence-electron chi connectivity index (χ1n) is 10.3. The Morgan fingerprint density at radius 3 is 2.29 bits per heavy atom. The van der Waals surface area contributed by atoms with Crippen LogP contribution in [-0.2, 0) is 6.54 Å². The maximum Gasteiger partial charge on any atom is 0.434 e. The fourth-order valence-electron chi connectivity index (χ4n) is 3.61. The Labute approximate surface area is 180 Å². The number of piperazine rings is 1. The molecule has 3 heterocycles. The Morgan fingerprint density at radius 2 is 1.68 bits per heavy atom. The number of carbonyl (C=O) groups is 1. The maximum absolute atomic E-state index is 12.4. The number of hydrogen-bond donors (Lipinski definition) is 2. The molecule has 9 heteroatoms. The van der Waals surface area contributed by atoms with Gasteiger partial charge in [-0.3, -0.25) is 9.58 Å². The number of rotatable bonds is 5. The van der Waals surface area contributed by atoms with Gasteiger partial charge in [-0.15, -0.1) is 4.73 Å². The lowest BCUT2D eigenvalue weighted by molar-refractivity contribution is 0.0555.